The molecule has 0 aromatic rings. The lowest BCUT2D eigenvalue weighted by Gasteiger charge is -2.26. The van der Waals surface area contributed by atoms with Gasteiger partial charge in [0, 0.05) is 13.6 Å². The summed E-state index contributed by atoms with van der Waals surface area (Å²) in [6, 6.07) is 0. The maximum absolute atomic E-state index is 11.3. The van der Waals surface area contributed by atoms with E-state index in [0.717, 1.165) is 24.3 Å². The number of nitrogens with zero attached hydrogens (tertiary/aromatic N) is 1. The van der Waals surface area contributed by atoms with Crippen molar-refractivity contribution in [3.63, 3.8) is 0 Å². The van der Waals surface area contributed by atoms with Crippen LogP contribution in [0.3, 0.4) is 0 Å². The lowest BCUT2D eigenvalue weighted by atomic mass is 9.88. The molecule has 78 valence electrons. The summed E-state index contributed by atoms with van der Waals surface area (Å²) in [4.78, 5) is 13.1. The van der Waals surface area contributed by atoms with Crippen molar-refractivity contribution in [1.29, 1.82) is 0 Å². The van der Waals surface area contributed by atoms with E-state index in [1.54, 1.807) is 0 Å². The Kier molecular flexibility index (Phi) is 2.62. The summed E-state index contributed by atoms with van der Waals surface area (Å²) in [5.41, 5.74) is 0. The summed E-state index contributed by atoms with van der Waals surface area (Å²) in [5.74, 6) is 2.70. The standard InChI is InChI=1S/C12H19NO/c1-3-12(14)13(2)8-11-7-9-4-5-10(11)6-9/h3,9-11H,1,4-8H2,2H3. The van der Waals surface area contributed by atoms with E-state index in [1.165, 1.54) is 31.8 Å². The molecule has 2 aliphatic rings. The van der Waals surface area contributed by atoms with E-state index in [-0.39, 0.29) is 5.91 Å². The van der Waals surface area contributed by atoms with Crippen molar-refractivity contribution < 1.29 is 4.79 Å². The number of carbonyl (C=O) groups is 1. The molecule has 0 saturated heterocycles. The molecule has 2 bridgehead atoms. The van der Waals surface area contributed by atoms with Gasteiger partial charge in [0.25, 0.3) is 0 Å². The van der Waals surface area contributed by atoms with Crippen LogP contribution in [0.25, 0.3) is 0 Å². The zero-order chi connectivity index (χ0) is 10.1. The lowest BCUT2D eigenvalue weighted by molar-refractivity contribution is -0.125. The fourth-order valence-electron chi connectivity index (χ4n) is 3.20. The van der Waals surface area contributed by atoms with Crippen molar-refractivity contribution >= 4 is 5.91 Å². The number of amides is 1. The van der Waals surface area contributed by atoms with Crippen LogP contribution in [0.2, 0.25) is 0 Å². The Labute approximate surface area is 86.0 Å². The number of hydrogen-bond donors (Lipinski definition) is 0. The highest BCUT2D eigenvalue weighted by Crippen LogP contribution is 2.48. The first-order valence-electron chi connectivity index (χ1n) is 5.58. The van der Waals surface area contributed by atoms with Gasteiger partial charge in [-0.25, -0.2) is 0 Å². The topological polar surface area (TPSA) is 20.3 Å². The van der Waals surface area contributed by atoms with E-state index >= 15 is 0 Å². The molecule has 2 heteroatoms. The lowest BCUT2D eigenvalue weighted by Crippen LogP contribution is -2.32. The third-order valence-corrected chi connectivity index (χ3v) is 3.94. The average Bonchev–Trinajstić information content (AvgIpc) is 2.77. The molecule has 0 heterocycles. The Bertz CT molecular complexity index is 249. The van der Waals surface area contributed by atoms with Crippen molar-refractivity contribution in [3.05, 3.63) is 12.7 Å². The van der Waals surface area contributed by atoms with Gasteiger partial charge in [0.15, 0.2) is 0 Å². The molecule has 2 aliphatic carbocycles. The number of hydrogen-bond acceptors (Lipinski definition) is 1. The Morgan fingerprint density at radius 1 is 1.50 bits per heavy atom. The maximum atomic E-state index is 11.3. The fraction of sp³-hybridized carbons (Fsp3) is 0.750. The van der Waals surface area contributed by atoms with Crippen LogP contribution < -0.4 is 0 Å². The first kappa shape index (κ1) is 9.75. The molecular formula is C12H19NO. The zero-order valence-electron chi connectivity index (χ0n) is 8.91. The Morgan fingerprint density at radius 3 is 2.79 bits per heavy atom. The van der Waals surface area contributed by atoms with Crippen molar-refractivity contribution in [2.75, 3.05) is 13.6 Å². The van der Waals surface area contributed by atoms with Crippen molar-refractivity contribution in [2.45, 2.75) is 25.7 Å². The monoisotopic (exact) mass is 193 g/mol. The summed E-state index contributed by atoms with van der Waals surface area (Å²) in [6.45, 7) is 4.45. The molecular weight excluding hydrogens is 174 g/mol. The van der Waals surface area contributed by atoms with Gasteiger partial charge in [0.05, 0.1) is 0 Å². The van der Waals surface area contributed by atoms with Gasteiger partial charge in [-0.2, -0.15) is 0 Å². The summed E-state index contributed by atoms with van der Waals surface area (Å²) in [5, 5.41) is 0. The largest absolute Gasteiger partial charge is 0.342 e. The van der Waals surface area contributed by atoms with E-state index in [9.17, 15) is 4.79 Å². The quantitative estimate of drug-likeness (QED) is 0.628. The van der Waals surface area contributed by atoms with E-state index in [4.69, 9.17) is 0 Å². The van der Waals surface area contributed by atoms with E-state index < -0.39 is 0 Å². The van der Waals surface area contributed by atoms with Gasteiger partial charge in [-0.3, -0.25) is 4.79 Å². The smallest absolute Gasteiger partial charge is 0.245 e. The van der Waals surface area contributed by atoms with Crippen molar-refractivity contribution in [1.82, 2.24) is 4.90 Å². The molecule has 0 aromatic carbocycles. The molecule has 2 rings (SSSR count). The minimum Gasteiger partial charge on any atom is -0.342 e. The van der Waals surface area contributed by atoms with Gasteiger partial charge in [-0.1, -0.05) is 13.0 Å². The van der Waals surface area contributed by atoms with Crippen LogP contribution in [-0.4, -0.2) is 24.4 Å². The Morgan fingerprint density at radius 2 is 2.29 bits per heavy atom. The van der Waals surface area contributed by atoms with Crippen LogP contribution >= 0.6 is 0 Å². The Balaban J connectivity index is 1.86. The minimum atomic E-state index is 0.0628. The molecule has 0 aromatic heterocycles. The average molecular weight is 193 g/mol. The normalized spacial score (nSPS) is 34.5. The van der Waals surface area contributed by atoms with Gasteiger partial charge in [-0.15, -0.1) is 0 Å². The molecule has 0 spiro atoms. The highest BCUT2D eigenvalue weighted by atomic mass is 16.2. The predicted molar refractivity (Wildman–Crippen MR) is 56.8 cm³/mol. The maximum Gasteiger partial charge on any atom is 0.245 e. The van der Waals surface area contributed by atoms with Gasteiger partial charge >= 0.3 is 0 Å². The number of carbonyl (C=O) groups excluding carboxylic acids is 1. The Hall–Kier alpha value is -0.790. The first-order valence-corrected chi connectivity index (χ1v) is 5.58. The third-order valence-electron chi connectivity index (χ3n) is 3.94. The summed E-state index contributed by atoms with van der Waals surface area (Å²) in [7, 11) is 1.88. The zero-order valence-corrected chi connectivity index (χ0v) is 8.91. The van der Waals surface area contributed by atoms with Crippen LogP contribution in [-0.2, 0) is 4.79 Å². The number of fused-ring (bicyclic) bond motifs is 2. The SMILES string of the molecule is C=CC(=O)N(C)CC1CC2CCC1C2. The highest BCUT2D eigenvalue weighted by molar-refractivity contribution is 5.86. The van der Waals surface area contributed by atoms with E-state index in [1.807, 2.05) is 11.9 Å². The summed E-state index contributed by atoms with van der Waals surface area (Å²) >= 11 is 0. The van der Waals surface area contributed by atoms with E-state index in [2.05, 4.69) is 6.58 Å². The predicted octanol–water partition coefficient (Wildman–Crippen LogP) is 2.07. The molecule has 1 amide bonds. The molecule has 2 fully saturated rings. The van der Waals surface area contributed by atoms with E-state index in [0.29, 0.717) is 0 Å². The molecule has 3 atom stereocenters. The minimum absolute atomic E-state index is 0.0628. The van der Waals surface area contributed by atoms with Gasteiger partial charge in [0.1, 0.15) is 0 Å². The third kappa shape index (κ3) is 1.70. The number of rotatable bonds is 3. The van der Waals surface area contributed by atoms with Gasteiger partial charge in [0.2, 0.25) is 5.91 Å². The van der Waals surface area contributed by atoms with Crippen LogP contribution in [0.1, 0.15) is 25.7 Å². The van der Waals surface area contributed by atoms with Crippen LogP contribution in [0.5, 0.6) is 0 Å². The van der Waals surface area contributed by atoms with Crippen LogP contribution in [0.15, 0.2) is 12.7 Å². The summed E-state index contributed by atoms with van der Waals surface area (Å²) in [6.07, 6.45) is 7.00. The molecule has 14 heavy (non-hydrogen) atoms. The fourth-order valence-corrected chi connectivity index (χ4v) is 3.20. The molecule has 3 unspecified atom stereocenters. The molecule has 2 saturated carbocycles. The van der Waals surface area contributed by atoms with Crippen LogP contribution in [0.4, 0.5) is 0 Å². The molecule has 2 nitrogen and oxygen atoms in total. The second-order valence-electron chi connectivity index (χ2n) is 4.86. The molecule has 0 aliphatic heterocycles. The van der Waals surface area contributed by atoms with Gasteiger partial charge < -0.3 is 4.90 Å². The van der Waals surface area contributed by atoms with Gasteiger partial charge in [-0.05, 0) is 43.1 Å². The molecule has 0 radical (unpaired) electrons. The molecule has 0 N–H and O–H groups in total. The first-order chi connectivity index (χ1) is 6.70. The summed E-state index contributed by atoms with van der Waals surface area (Å²) < 4.78 is 0. The second kappa shape index (κ2) is 3.76. The second-order valence-corrected chi connectivity index (χ2v) is 4.86. The number of likely N-dealkylation sites (N-methyl/N-ethyl adjacent to an activating group) is 1. The van der Waals surface area contributed by atoms with Crippen molar-refractivity contribution in [2.24, 2.45) is 17.8 Å². The van der Waals surface area contributed by atoms with Crippen molar-refractivity contribution in [3.8, 4) is 0 Å². The van der Waals surface area contributed by atoms with Crippen LogP contribution in [0, 0.1) is 17.8 Å². The highest BCUT2D eigenvalue weighted by Gasteiger charge is 2.39.